The Labute approximate surface area is 213 Å². The van der Waals surface area contributed by atoms with Crippen LogP contribution in [0.4, 0.5) is 16.6 Å². The molecule has 2 aliphatic rings. The molecule has 0 bridgehead atoms. The number of urea groups is 1. The summed E-state index contributed by atoms with van der Waals surface area (Å²) in [6, 6.07) is 8.84. The summed E-state index contributed by atoms with van der Waals surface area (Å²) in [5.41, 5.74) is 3.42. The SMILES string of the molecule is COC(=O)C(Cc1ccccc1)NC(=O)N[C@H]1CC[C@@H](Nc2nc3c(c(N(C)C)n2)CCCC3)CC1. The Morgan fingerprint density at radius 3 is 2.42 bits per heavy atom. The van der Waals surface area contributed by atoms with Crippen LogP contribution < -0.4 is 20.9 Å². The number of fused-ring (bicyclic) bond motifs is 1. The van der Waals surface area contributed by atoms with Gasteiger partial charge >= 0.3 is 12.0 Å². The predicted molar refractivity (Wildman–Crippen MR) is 140 cm³/mol. The normalized spacial score (nSPS) is 20.0. The summed E-state index contributed by atoms with van der Waals surface area (Å²) in [7, 11) is 5.41. The van der Waals surface area contributed by atoms with Crippen molar-refractivity contribution in [2.24, 2.45) is 0 Å². The zero-order valence-electron chi connectivity index (χ0n) is 21.5. The van der Waals surface area contributed by atoms with E-state index in [9.17, 15) is 9.59 Å². The zero-order valence-corrected chi connectivity index (χ0v) is 21.5. The van der Waals surface area contributed by atoms with Gasteiger partial charge in [-0.1, -0.05) is 30.3 Å². The Morgan fingerprint density at radius 2 is 1.72 bits per heavy atom. The lowest BCUT2D eigenvalue weighted by molar-refractivity contribution is -0.142. The number of aromatic nitrogens is 2. The van der Waals surface area contributed by atoms with Crippen molar-refractivity contribution in [3.63, 3.8) is 0 Å². The van der Waals surface area contributed by atoms with Gasteiger partial charge in [-0.2, -0.15) is 4.98 Å². The molecule has 2 amide bonds. The van der Waals surface area contributed by atoms with Crippen molar-refractivity contribution < 1.29 is 14.3 Å². The molecule has 3 N–H and O–H groups in total. The number of anilines is 2. The predicted octanol–water partition coefficient (Wildman–Crippen LogP) is 3.23. The Kier molecular flexibility index (Phi) is 8.61. The third kappa shape index (κ3) is 6.65. The van der Waals surface area contributed by atoms with E-state index in [1.165, 1.54) is 31.2 Å². The van der Waals surface area contributed by atoms with E-state index < -0.39 is 12.0 Å². The van der Waals surface area contributed by atoms with Crippen LogP contribution >= 0.6 is 0 Å². The van der Waals surface area contributed by atoms with Gasteiger partial charge in [-0.3, -0.25) is 0 Å². The number of carbonyl (C=O) groups is 2. The second-order valence-electron chi connectivity index (χ2n) is 9.97. The van der Waals surface area contributed by atoms with Crippen molar-refractivity contribution in [3.8, 4) is 0 Å². The van der Waals surface area contributed by atoms with E-state index in [1.807, 2.05) is 44.4 Å². The molecule has 0 spiro atoms. The molecule has 1 aromatic heterocycles. The molecule has 9 nitrogen and oxygen atoms in total. The summed E-state index contributed by atoms with van der Waals surface area (Å²) < 4.78 is 4.90. The van der Waals surface area contributed by atoms with Gasteiger partial charge in [0.2, 0.25) is 5.95 Å². The van der Waals surface area contributed by atoms with Gasteiger partial charge in [0.15, 0.2) is 0 Å². The van der Waals surface area contributed by atoms with Gasteiger partial charge in [0.1, 0.15) is 11.9 Å². The first kappa shape index (κ1) is 25.7. The van der Waals surface area contributed by atoms with Crippen LogP contribution in [0.15, 0.2) is 30.3 Å². The molecule has 0 aliphatic heterocycles. The molecule has 194 valence electrons. The highest BCUT2D eigenvalue weighted by atomic mass is 16.5. The molecule has 1 heterocycles. The van der Waals surface area contributed by atoms with Crippen LogP contribution in [-0.2, 0) is 28.8 Å². The van der Waals surface area contributed by atoms with Crippen LogP contribution in [0.5, 0.6) is 0 Å². The molecule has 0 saturated heterocycles. The van der Waals surface area contributed by atoms with Gasteiger partial charge in [-0.15, -0.1) is 0 Å². The number of esters is 1. The van der Waals surface area contributed by atoms with Crippen molar-refractivity contribution in [2.45, 2.75) is 75.9 Å². The molecular formula is C27H38N6O3. The molecule has 2 aliphatic carbocycles. The molecular weight excluding hydrogens is 456 g/mol. The van der Waals surface area contributed by atoms with Crippen molar-refractivity contribution >= 4 is 23.8 Å². The van der Waals surface area contributed by atoms with Gasteiger partial charge in [-0.25, -0.2) is 14.6 Å². The Balaban J connectivity index is 1.28. The van der Waals surface area contributed by atoms with Crippen LogP contribution in [0.25, 0.3) is 0 Å². The highest BCUT2D eigenvalue weighted by Crippen LogP contribution is 2.29. The molecule has 1 aromatic carbocycles. The van der Waals surface area contributed by atoms with Gasteiger partial charge in [-0.05, 0) is 56.9 Å². The van der Waals surface area contributed by atoms with Gasteiger partial charge in [0, 0.05) is 38.2 Å². The van der Waals surface area contributed by atoms with Gasteiger partial charge in [0.05, 0.1) is 12.8 Å². The number of benzene rings is 1. The lowest BCUT2D eigenvalue weighted by Gasteiger charge is -2.31. The fraction of sp³-hybridized carbons (Fsp3) is 0.556. The standard InChI is InChI=1S/C27H38N6O3/c1-33(2)24-21-11-7-8-12-22(21)30-26(32-24)28-19-13-15-20(16-14-19)29-27(35)31-23(25(34)36-3)17-18-9-5-4-6-10-18/h4-6,9-10,19-20,23H,7-8,11-17H2,1-3H3,(H,28,30,32)(H2,29,31,35)/t19-,20+,23?. The lowest BCUT2D eigenvalue weighted by Crippen LogP contribution is -2.51. The van der Waals surface area contributed by atoms with E-state index in [2.05, 4.69) is 20.9 Å². The third-order valence-corrected chi connectivity index (χ3v) is 7.05. The lowest BCUT2D eigenvalue weighted by atomic mass is 9.91. The largest absolute Gasteiger partial charge is 0.467 e. The molecule has 1 atom stereocenters. The number of rotatable bonds is 8. The van der Waals surface area contributed by atoms with Crippen LogP contribution in [0.3, 0.4) is 0 Å². The number of ether oxygens (including phenoxy) is 1. The number of carbonyl (C=O) groups excluding carboxylic acids is 2. The maximum Gasteiger partial charge on any atom is 0.328 e. The van der Waals surface area contributed by atoms with Gasteiger partial charge in [0.25, 0.3) is 0 Å². The number of hydrogen-bond donors (Lipinski definition) is 3. The fourth-order valence-corrected chi connectivity index (χ4v) is 5.14. The highest BCUT2D eigenvalue weighted by molar-refractivity contribution is 5.83. The summed E-state index contributed by atoms with van der Waals surface area (Å²) in [5, 5.41) is 9.38. The van der Waals surface area contributed by atoms with Crippen LogP contribution in [0, 0.1) is 0 Å². The number of nitrogens with zero attached hydrogens (tertiary/aromatic N) is 3. The molecule has 9 heteroatoms. The van der Waals surface area contributed by atoms with Crippen molar-refractivity contribution in [1.82, 2.24) is 20.6 Å². The molecule has 1 fully saturated rings. The van der Waals surface area contributed by atoms with E-state index in [-0.39, 0.29) is 18.1 Å². The topological polar surface area (TPSA) is 108 Å². The number of aryl methyl sites for hydroxylation is 1. The van der Waals surface area contributed by atoms with Crippen LogP contribution in [0.1, 0.15) is 55.3 Å². The molecule has 4 rings (SSSR count). The summed E-state index contributed by atoms with van der Waals surface area (Å²) in [6.45, 7) is 0. The highest BCUT2D eigenvalue weighted by Gasteiger charge is 2.27. The molecule has 2 aromatic rings. The average Bonchev–Trinajstić information content (AvgIpc) is 2.89. The monoisotopic (exact) mass is 494 g/mol. The summed E-state index contributed by atoms with van der Waals surface area (Å²) in [5.74, 6) is 1.27. The van der Waals surface area contributed by atoms with Crippen molar-refractivity contribution in [2.75, 3.05) is 31.4 Å². The van der Waals surface area contributed by atoms with E-state index in [4.69, 9.17) is 14.7 Å². The van der Waals surface area contributed by atoms with Crippen LogP contribution in [-0.4, -0.2) is 61.3 Å². The zero-order chi connectivity index (χ0) is 25.5. The van der Waals surface area contributed by atoms with E-state index in [0.29, 0.717) is 12.4 Å². The summed E-state index contributed by atoms with van der Waals surface area (Å²) in [6.07, 6.45) is 8.32. The maximum atomic E-state index is 12.7. The first-order valence-electron chi connectivity index (χ1n) is 13.0. The summed E-state index contributed by atoms with van der Waals surface area (Å²) in [4.78, 5) is 36.6. The third-order valence-electron chi connectivity index (χ3n) is 7.05. The molecule has 1 saturated carbocycles. The van der Waals surface area contributed by atoms with E-state index in [1.54, 1.807) is 0 Å². The second kappa shape index (κ2) is 12.1. The molecule has 0 radical (unpaired) electrons. The second-order valence-corrected chi connectivity index (χ2v) is 9.97. The number of nitrogens with one attached hydrogen (secondary N) is 3. The van der Waals surface area contributed by atoms with Gasteiger partial charge < -0.3 is 25.6 Å². The number of amides is 2. The van der Waals surface area contributed by atoms with Crippen molar-refractivity contribution in [3.05, 3.63) is 47.2 Å². The smallest absolute Gasteiger partial charge is 0.328 e. The molecule has 36 heavy (non-hydrogen) atoms. The minimum absolute atomic E-state index is 0.0554. The van der Waals surface area contributed by atoms with E-state index in [0.717, 1.165) is 49.9 Å². The maximum absolute atomic E-state index is 12.7. The first-order valence-corrected chi connectivity index (χ1v) is 13.0. The first-order chi connectivity index (χ1) is 17.4. The van der Waals surface area contributed by atoms with Crippen LogP contribution in [0.2, 0.25) is 0 Å². The Bertz CT molecular complexity index is 1040. The van der Waals surface area contributed by atoms with Crippen molar-refractivity contribution in [1.29, 1.82) is 0 Å². The number of hydrogen-bond acceptors (Lipinski definition) is 7. The quantitative estimate of drug-likeness (QED) is 0.484. The minimum Gasteiger partial charge on any atom is -0.467 e. The molecule has 1 unspecified atom stereocenters. The average molecular weight is 495 g/mol. The number of methoxy groups -OCH3 is 1. The Morgan fingerprint density at radius 1 is 1.03 bits per heavy atom. The summed E-state index contributed by atoms with van der Waals surface area (Å²) >= 11 is 0. The fourth-order valence-electron chi connectivity index (χ4n) is 5.14. The van der Waals surface area contributed by atoms with E-state index >= 15 is 0 Å². The Hall–Kier alpha value is -3.36. The minimum atomic E-state index is -0.734.